The van der Waals surface area contributed by atoms with Gasteiger partial charge in [-0.1, -0.05) is 41.6 Å². The highest BCUT2D eigenvalue weighted by molar-refractivity contribution is 5.97. The van der Waals surface area contributed by atoms with Crippen molar-refractivity contribution in [2.75, 3.05) is 25.6 Å². The number of allylic oxidation sites excluding steroid dienone is 2. The van der Waals surface area contributed by atoms with Crippen LogP contribution in [0.3, 0.4) is 0 Å². The van der Waals surface area contributed by atoms with E-state index >= 15 is 0 Å². The van der Waals surface area contributed by atoms with Crippen molar-refractivity contribution in [3.8, 4) is 0 Å². The summed E-state index contributed by atoms with van der Waals surface area (Å²) in [6.07, 6.45) is 3.38. The lowest BCUT2D eigenvalue weighted by molar-refractivity contribution is 0.0207. The third-order valence-electron chi connectivity index (χ3n) is 7.12. The summed E-state index contributed by atoms with van der Waals surface area (Å²) in [5.41, 5.74) is 3.03. The van der Waals surface area contributed by atoms with E-state index in [1.165, 1.54) is 16.0 Å². The second-order valence-corrected chi connectivity index (χ2v) is 9.44. The molecule has 1 N–H and O–H groups in total. The molecule has 2 aromatic heterocycles. The lowest BCUT2D eigenvalue weighted by Crippen LogP contribution is -2.41. The second-order valence-electron chi connectivity index (χ2n) is 9.44. The van der Waals surface area contributed by atoms with Crippen LogP contribution in [0.1, 0.15) is 40.1 Å². The van der Waals surface area contributed by atoms with Gasteiger partial charge in [-0.2, -0.15) is 9.97 Å². The predicted molar refractivity (Wildman–Crippen MR) is 129 cm³/mol. The number of imidazole rings is 1. The highest BCUT2D eigenvalue weighted by Gasteiger charge is 2.55. The molecule has 3 aromatic rings. The topological polar surface area (TPSA) is 111 Å². The Morgan fingerprint density at radius 2 is 2.09 bits per heavy atom. The average molecular weight is 474 g/mol. The van der Waals surface area contributed by atoms with Crippen molar-refractivity contribution in [3.63, 3.8) is 0 Å². The first kappa shape index (κ1) is 21.7. The fraction of sp³-hybridized carbons (Fsp3) is 0.400. The molecule has 0 radical (unpaired) electrons. The smallest absolute Gasteiger partial charge is 0.274 e. The van der Waals surface area contributed by atoms with Crippen molar-refractivity contribution in [3.05, 3.63) is 59.4 Å². The maximum Gasteiger partial charge on any atom is 0.274 e. The first-order valence-electron chi connectivity index (χ1n) is 11.7. The summed E-state index contributed by atoms with van der Waals surface area (Å²) >= 11 is 0. The summed E-state index contributed by atoms with van der Waals surface area (Å²) < 4.78 is 12.4. The van der Waals surface area contributed by atoms with Crippen LogP contribution in [0.4, 0.5) is 11.8 Å². The van der Waals surface area contributed by atoms with E-state index in [0.717, 1.165) is 12.2 Å². The number of hydrogen-bond acceptors (Lipinski definition) is 8. The number of carbonyl (C=O) groups excluding carboxylic acids is 1. The highest BCUT2D eigenvalue weighted by Crippen LogP contribution is 2.62. The number of aliphatic imine (C=N–C) groups is 1. The molecule has 1 aromatic carbocycles. The van der Waals surface area contributed by atoms with Gasteiger partial charge in [-0.05, 0) is 36.1 Å². The molecule has 10 nitrogen and oxygen atoms in total. The Morgan fingerprint density at radius 1 is 1.29 bits per heavy atom. The van der Waals surface area contributed by atoms with Crippen LogP contribution in [0, 0.1) is 11.8 Å². The van der Waals surface area contributed by atoms with E-state index in [0.29, 0.717) is 48.5 Å². The molecular formula is C25H27N7O3. The van der Waals surface area contributed by atoms with Crippen molar-refractivity contribution in [1.29, 1.82) is 0 Å². The number of rotatable bonds is 8. The summed E-state index contributed by atoms with van der Waals surface area (Å²) in [5.74, 6) is 2.99. The van der Waals surface area contributed by atoms with Crippen molar-refractivity contribution in [2.24, 2.45) is 23.9 Å². The Bertz CT molecular complexity index is 1310. The van der Waals surface area contributed by atoms with E-state index in [1.54, 1.807) is 18.7 Å². The van der Waals surface area contributed by atoms with Gasteiger partial charge in [-0.25, -0.2) is 4.99 Å². The van der Waals surface area contributed by atoms with Gasteiger partial charge in [-0.3, -0.25) is 4.79 Å². The summed E-state index contributed by atoms with van der Waals surface area (Å²) in [6, 6.07) is 10.7. The van der Waals surface area contributed by atoms with E-state index in [-0.39, 0.29) is 24.3 Å². The molecule has 2 aliphatic carbocycles. The minimum atomic E-state index is -0.251. The van der Waals surface area contributed by atoms with Crippen molar-refractivity contribution >= 4 is 30.0 Å². The van der Waals surface area contributed by atoms with Crippen LogP contribution < -0.4 is 5.32 Å². The zero-order valence-corrected chi connectivity index (χ0v) is 19.7. The minimum Gasteiger partial charge on any atom is -0.377 e. The van der Waals surface area contributed by atoms with Crippen LogP contribution in [0.2, 0.25) is 0 Å². The monoisotopic (exact) mass is 473 g/mol. The molecule has 2 fully saturated rings. The number of hydrogen-bond donors (Lipinski definition) is 1. The normalized spacial score (nSPS) is 22.8. The number of nitrogens with zero attached hydrogens (tertiary/aromatic N) is 6. The number of anilines is 1. The summed E-state index contributed by atoms with van der Waals surface area (Å²) in [6.45, 7) is 4.99. The number of ether oxygens (including phenoxy) is 1. The Labute approximate surface area is 202 Å². The first-order valence-corrected chi connectivity index (χ1v) is 11.7. The molecule has 3 heterocycles. The number of benzene rings is 1. The van der Waals surface area contributed by atoms with E-state index in [1.807, 2.05) is 6.07 Å². The Balaban J connectivity index is 1.12. The Kier molecular flexibility index (Phi) is 5.25. The van der Waals surface area contributed by atoms with Crippen molar-refractivity contribution in [1.82, 2.24) is 24.6 Å². The molecule has 3 aliphatic rings. The largest absolute Gasteiger partial charge is 0.377 e. The van der Waals surface area contributed by atoms with Gasteiger partial charge >= 0.3 is 0 Å². The van der Waals surface area contributed by atoms with Crippen LogP contribution in [0.15, 0.2) is 45.9 Å². The van der Waals surface area contributed by atoms with Crippen LogP contribution >= 0.6 is 0 Å². The van der Waals surface area contributed by atoms with E-state index in [2.05, 4.69) is 62.5 Å². The third-order valence-corrected chi connectivity index (χ3v) is 7.12. The van der Waals surface area contributed by atoms with Gasteiger partial charge in [0.1, 0.15) is 6.54 Å². The fourth-order valence-electron chi connectivity index (χ4n) is 5.06. The van der Waals surface area contributed by atoms with E-state index in [4.69, 9.17) is 9.26 Å². The predicted octanol–water partition coefficient (Wildman–Crippen LogP) is 3.04. The van der Waals surface area contributed by atoms with Crippen LogP contribution in [0.25, 0.3) is 5.57 Å². The number of nitrogens with one attached hydrogen (secondary N) is 1. The number of amides is 1. The van der Waals surface area contributed by atoms with Gasteiger partial charge in [0, 0.05) is 20.0 Å². The van der Waals surface area contributed by atoms with Crippen LogP contribution in [0.5, 0.6) is 0 Å². The van der Waals surface area contributed by atoms with Gasteiger partial charge < -0.3 is 24.0 Å². The summed E-state index contributed by atoms with van der Waals surface area (Å²) in [4.78, 5) is 27.8. The lowest BCUT2D eigenvalue weighted by Gasteiger charge is -2.27. The average Bonchev–Trinajstić information content (AvgIpc) is 3.22. The molecule has 0 spiro atoms. The van der Waals surface area contributed by atoms with Crippen molar-refractivity contribution in [2.45, 2.75) is 24.9 Å². The molecule has 0 unspecified atom stereocenters. The highest BCUT2D eigenvalue weighted by atomic mass is 16.5. The van der Waals surface area contributed by atoms with Crippen LogP contribution in [-0.2, 0) is 18.3 Å². The standard InChI is InChI=1S/C25H27N7O3/c1-26-23-21(32(3)25(29-23)27-16-12-34-13-16)24(33)31(2)11-19-28-22(30-35-19)20-17-9-15(10-18(17)20)14-7-5-4-6-8-14/h4-9,16-18,20H,1,10-13H2,2-3H3,(H,27,29)/t17-,18+,20+/m1/s1. The molecular weight excluding hydrogens is 446 g/mol. The number of aromatic nitrogens is 4. The van der Waals surface area contributed by atoms with Gasteiger partial charge in [0.25, 0.3) is 5.91 Å². The molecule has 35 heavy (non-hydrogen) atoms. The molecule has 1 aliphatic heterocycles. The molecule has 1 amide bonds. The Morgan fingerprint density at radius 3 is 2.74 bits per heavy atom. The Hall–Kier alpha value is -3.79. The minimum absolute atomic E-state index is 0.173. The lowest BCUT2D eigenvalue weighted by atomic mass is 10.0. The maximum absolute atomic E-state index is 13.2. The van der Waals surface area contributed by atoms with Gasteiger partial charge in [-0.15, -0.1) is 0 Å². The van der Waals surface area contributed by atoms with E-state index in [9.17, 15) is 4.79 Å². The van der Waals surface area contributed by atoms with Crippen molar-refractivity contribution < 1.29 is 14.1 Å². The third kappa shape index (κ3) is 3.83. The number of carbonyl (C=O) groups is 1. The molecule has 6 rings (SSSR count). The van der Waals surface area contributed by atoms with Gasteiger partial charge in [0.05, 0.1) is 19.3 Å². The van der Waals surface area contributed by atoms with E-state index < -0.39 is 0 Å². The molecule has 3 atom stereocenters. The zero-order valence-electron chi connectivity index (χ0n) is 19.7. The first-order chi connectivity index (χ1) is 17.0. The fourth-order valence-corrected chi connectivity index (χ4v) is 5.06. The molecule has 10 heteroatoms. The molecule has 0 bridgehead atoms. The van der Waals surface area contributed by atoms with Crippen LogP contribution in [-0.4, -0.2) is 63.5 Å². The summed E-state index contributed by atoms with van der Waals surface area (Å²) in [7, 11) is 3.47. The summed E-state index contributed by atoms with van der Waals surface area (Å²) in [5, 5.41) is 7.49. The zero-order chi connectivity index (χ0) is 24.1. The second kappa shape index (κ2) is 8.46. The SMILES string of the molecule is C=Nc1nc(NC2COC2)n(C)c1C(=O)N(C)Cc1nc([C@H]2[C@@H]3C=C(c4ccccc4)C[C@@H]32)no1. The molecule has 180 valence electrons. The van der Waals surface area contributed by atoms with Gasteiger partial charge in [0.2, 0.25) is 11.8 Å². The quantitative estimate of drug-likeness (QED) is 0.501. The maximum atomic E-state index is 13.2. The van der Waals surface area contributed by atoms with Gasteiger partial charge in [0.15, 0.2) is 17.3 Å². The number of fused-ring (bicyclic) bond motifs is 1. The molecule has 1 saturated heterocycles. The molecule has 1 saturated carbocycles.